The molecule has 0 aliphatic heterocycles. The van der Waals surface area contributed by atoms with E-state index in [1.807, 2.05) is 0 Å². The molecule has 0 atom stereocenters. The van der Waals surface area contributed by atoms with Crippen molar-refractivity contribution in [2.75, 3.05) is 5.32 Å². The van der Waals surface area contributed by atoms with Crippen LogP contribution in [0, 0.1) is 10.1 Å². The van der Waals surface area contributed by atoms with Crippen LogP contribution < -0.4 is 5.32 Å². The molecular formula is C13H9ClN2O3. The fourth-order valence-electron chi connectivity index (χ4n) is 1.47. The van der Waals surface area contributed by atoms with Gasteiger partial charge in [-0.3, -0.25) is 14.9 Å². The minimum Gasteiger partial charge on any atom is -0.322 e. The summed E-state index contributed by atoms with van der Waals surface area (Å²) in [6, 6.07) is 12.1. The van der Waals surface area contributed by atoms with Crippen molar-refractivity contribution < 1.29 is 9.72 Å². The minimum absolute atomic E-state index is 0.0236. The summed E-state index contributed by atoms with van der Waals surface area (Å²) in [5, 5.41) is 13.7. The number of rotatable bonds is 3. The Morgan fingerprint density at radius 1 is 1.05 bits per heavy atom. The molecule has 0 fully saturated rings. The molecule has 2 rings (SSSR count). The first-order valence-electron chi connectivity index (χ1n) is 5.37. The third-order valence-electron chi connectivity index (χ3n) is 2.44. The maximum Gasteiger partial charge on any atom is 0.269 e. The predicted octanol–water partition coefficient (Wildman–Crippen LogP) is 3.50. The highest BCUT2D eigenvalue weighted by Gasteiger charge is 2.08. The second kappa shape index (κ2) is 5.49. The number of hydrogen-bond acceptors (Lipinski definition) is 3. The molecule has 0 bridgehead atoms. The predicted molar refractivity (Wildman–Crippen MR) is 72.5 cm³/mol. The Hall–Kier alpha value is -2.40. The number of nitrogens with zero attached hydrogens (tertiary/aromatic N) is 1. The number of nitro benzene ring substituents is 1. The molecule has 0 heterocycles. The van der Waals surface area contributed by atoms with E-state index < -0.39 is 4.92 Å². The van der Waals surface area contributed by atoms with Crippen molar-refractivity contribution in [3.8, 4) is 0 Å². The van der Waals surface area contributed by atoms with Crippen LogP contribution in [0.1, 0.15) is 10.4 Å². The van der Waals surface area contributed by atoms with Crippen molar-refractivity contribution in [3.05, 3.63) is 69.2 Å². The zero-order valence-electron chi connectivity index (χ0n) is 9.67. The van der Waals surface area contributed by atoms with E-state index in [1.54, 1.807) is 24.3 Å². The standard InChI is InChI=1S/C13H9ClN2O3/c14-10-3-1-9(2-4-10)13(17)15-11-5-7-12(8-6-11)16(18)19/h1-8H,(H,15,17). The van der Waals surface area contributed by atoms with Gasteiger partial charge in [-0.2, -0.15) is 0 Å². The van der Waals surface area contributed by atoms with Crippen LogP contribution in [-0.2, 0) is 0 Å². The zero-order valence-corrected chi connectivity index (χ0v) is 10.4. The van der Waals surface area contributed by atoms with E-state index in [2.05, 4.69) is 5.32 Å². The van der Waals surface area contributed by atoms with E-state index >= 15 is 0 Å². The van der Waals surface area contributed by atoms with E-state index in [9.17, 15) is 14.9 Å². The second-order valence-corrected chi connectivity index (χ2v) is 4.20. The molecule has 1 N–H and O–H groups in total. The van der Waals surface area contributed by atoms with E-state index in [4.69, 9.17) is 11.6 Å². The number of carbonyl (C=O) groups is 1. The first-order valence-corrected chi connectivity index (χ1v) is 5.75. The third kappa shape index (κ3) is 3.29. The summed E-state index contributed by atoms with van der Waals surface area (Å²) >= 11 is 5.73. The lowest BCUT2D eigenvalue weighted by Crippen LogP contribution is -2.11. The van der Waals surface area contributed by atoms with Gasteiger partial charge in [0.2, 0.25) is 0 Å². The van der Waals surface area contributed by atoms with Crippen LogP contribution in [0.4, 0.5) is 11.4 Å². The van der Waals surface area contributed by atoms with Crippen molar-refractivity contribution in [2.24, 2.45) is 0 Å². The Labute approximate surface area is 114 Å². The Morgan fingerprint density at radius 3 is 2.16 bits per heavy atom. The summed E-state index contributed by atoms with van der Waals surface area (Å²) in [6.45, 7) is 0. The van der Waals surface area contributed by atoms with Crippen LogP contribution in [-0.4, -0.2) is 10.8 Å². The number of hydrogen-bond donors (Lipinski definition) is 1. The van der Waals surface area contributed by atoms with Gasteiger partial charge >= 0.3 is 0 Å². The highest BCUT2D eigenvalue weighted by Crippen LogP contribution is 2.16. The van der Waals surface area contributed by atoms with Gasteiger partial charge in [-0.05, 0) is 36.4 Å². The van der Waals surface area contributed by atoms with Gasteiger partial charge in [-0.1, -0.05) is 11.6 Å². The molecule has 96 valence electrons. The van der Waals surface area contributed by atoms with Crippen LogP contribution in [0.2, 0.25) is 5.02 Å². The SMILES string of the molecule is O=C(Nc1ccc([N+](=O)[O-])cc1)c1ccc(Cl)cc1. The maximum absolute atomic E-state index is 11.9. The number of non-ortho nitro benzene ring substituents is 1. The first kappa shape index (κ1) is 13.0. The molecule has 19 heavy (non-hydrogen) atoms. The Morgan fingerprint density at radius 2 is 1.63 bits per heavy atom. The van der Waals surface area contributed by atoms with E-state index in [1.165, 1.54) is 24.3 Å². The number of anilines is 1. The number of amides is 1. The van der Waals surface area contributed by atoms with Crippen molar-refractivity contribution in [2.45, 2.75) is 0 Å². The van der Waals surface area contributed by atoms with Gasteiger partial charge in [-0.15, -0.1) is 0 Å². The quantitative estimate of drug-likeness (QED) is 0.689. The zero-order chi connectivity index (χ0) is 13.8. The number of benzene rings is 2. The average Bonchev–Trinajstić information content (AvgIpc) is 2.40. The van der Waals surface area contributed by atoms with Crippen LogP contribution in [0.5, 0.6) is 0 Å². The number of halogens is 1. The number of nitro groups is 1. The fourth-order valence-corrected chi connectivity index (χ4v) is 1.60. The van der Waals surface area contributed by atoms with E-state index in [-0.39, 0.29) is 11.6 Å². The van der Waals surface area contributed by atoms with Gasteiger partial charge in [0.1, 0.15) is 0 Å². The lowest BCUT2D eigenvalue weighted by molar-refractivity contribution is -0.384. The van der Waals surface area contributed by atoms with E-state index in [0.717, 1.165) is 0 Å². The van der Waals surface area contributed by atoms with Gasteiger partial charge in [0, 0.05) is 28.4 Å². The summed E-state index contributed by atoms with van der Waals surface area (Å²) in [4.78, 5) is 21.9. The fraction of sp³-hybridized carbons (Fsp3) is 0. The summed E-state index contributed by atoms with van der Waals surface area (Å²) < 4.78 is 0. The summed E-state index contributed by atoms with van der Waals surface area (Å²) in [7, 11) is 0. The van der Waals surface area contributed by atoms with Gasteiger partial charge in [-0.25, -0.2) is 0 Å². The molecule has 0 aromatic heterocycles. The molecule has 0 spiro atoms. The molecule has 6 heteroatoms. The molecule has 1 amide bonds. The number of nitrogens with one attached hydrogen (secondary N) is 1. The molecule has 0 radical (unpaired) electrons. The topological polar surface area (TPSA) is 72.2 Å². The Balaban J connectivity index is 2.10. The van der Waals surface area contributed by atoms with Crippen molar-refractivity contribution in [1.29, 1.82) is 0 Å². The number of carbonyl (C=O) groups excluding carboxylic acids is 1. The van der Waals surface area contributed by atoms with Crippen LogP contribution >= 0.6 is 11.6 Å². The molecule has 2 aromatic carbocycles. The molecular weight excluding hydrogens is 268 g/mol. The monoisotopic (exact) mass is 276 g/mol. The van der Waals surface area contributed by atoms with Crippen molar-refractivity contribution in [1.82, 2.24) is 0 Å². The van der Waals surface area contributed by atoms with Crippen LogP contribution in [0.3, 0.4) is 0 Å². The van der Waals surface area contributed by atoms with Gasteiger partial charge in [0.15, 0.2) is 0 Å². The smallest absolute Gasteiger partial charge is 0.269 e. The van der Waals surface area contributed by atoms with Gasteiger partial charge < -0.3 is 5.32 Å². The van der Waals surface area contributed by atoms with Crippen LogP contribution in [0.15, 0.2) is 48.5 Å². The van der Waals surface area contributed by atoms with Crippen molar-refractivity contribution in [3.63, 3.8) is 0 Å². The molecule has 0 aliphatic rings. The Kier molecular flexibility index (Phi) is 3.77. The van der Waals surface area contributed by atoms with Crippen molar-refractivity contribution >= 4 is 28.9 Å². The molecule has 0 saturated heterocycles. The Bertz CT molecular complexity index is 609. The molecule has 0 saturated carbocycles. The lowest BCUT2D eigenvalue weighted by Gasteiger charge is -2.04. The van der Waals surface area contributed by atoms with Gasteiger partial charge in [0.25, 0.3) is 11.6 Å². The summed E-state index contributed by atoms with van der Waals surface area (Å²) in [5.74, 6) is -0.300. The summed E-state index contributed by atoms with van der Waals surface area (Å²) in [6.07, 6.45) is 0. The summed E-state index contributed by atoms with van der Waals surface area (Å²) in [5.41, 5.74) is 0.929. The van der Waals surface area contributed by atoms with Crippen LogP contribution in [0.25, 0.3) is 0 Å². The highest BCUT2D eigenvalue weighted by molar-refractivity contribution is 6.30. The van der Waals surface area contributed by atoms with E-state index in [0.29, 0.717) is 16.3 Å². The normalized spacial score (nSPS) is 9.95. The lowest BCUT2D eigenvalue weighted by atomic mass is 10.2. The molecule has 0 unspecified atom stereocenters. The largest absolute Gasteiger partial charge is 0.322 e. The molecule has 0 aliphatic carbocycles. The highest BCUT2D eigenvalue weighted by atomic mass is 35.5. The third-order valence-corrected chi connectivity index (χ3v) is 2.69. The molecule has 2 aromatic rings. The second-order valence-electron chi connectivity index (χ2n) is 3.77. The van der Waals surface area contributed by atoms with Gasteiger partial charge in [0.05, 0.1) is 4.92 Å². The average molecular weight is 277 g/mol. The maximum atomic E-state index is 11.9. The first-order chi connectivity index (χ1) is 9.06. The molecule has 5 nitrogen and oxygen atoms in total. The minimum atomic E-state index is -0.495.